The van der Waals surface area contributed by atoms with E-state index in [0.29, 0.717) is 31.5 Å². The van der Waals surface area contributed by atoms with Gasteiger partial charge < -0.3 is 19.9 Å². The van der Waals surface area contributed by atoms with Gasteiger partial charge in [0.1, 0.15) is 11.6 Å². The number of likely N-dealkylation sites (tertiary alicyclic amines) is 1. The highest BCUT2D eigenvalue weighted by Crippen LogP contribution is 2.44. The van der Waals surface area contributed by atoms with Gasteiger partial charge in [-0.25, -0.2) is 9.78 Å². The molecule has 3 aliphatic heterocycles. The first-order chi connectivity index (χ1) is 12.7. The number of hydrogen-bond donors (Lipinski definition) is 2. The highest BCUT2D eigenvalue weighted by Gasteiger charge is 2.48. The Labute approximate surface area is 150 Å². The van der Waals surface area contributed by atoms with Gasteiger partial charge in [0.25, 0.3) is 0 Å². The third-order valence-electron chi connectivity index (χ3n) is 5.80. The second-order valence-corrected chi connectivity index (χ2v) is 7.16. The number of carbonyl (C=O) groups excluding carboxylic acids is 2. The minimum atomic E-state index is -0.581. The standard InChI is InChI=1S/C19H20N4O3/c24-17(16-15-14(5-8-20-16)21-11-22-15)23-9-6-19(7-10-23)13-4-2-1-3-12(13)18(25)26-19/h1-4,11,16,20H,5-10H2,(H,21,22)/t16-/m0/s1. The third-order valence-corrected chi connectivity index (χ3v) is 5.80. The summed E-state index contributed by atoms with van der Waals surface area (Å²) >= 11 is 0. The van der Waals surface area contributed by atoms with Crippen molar-refractivity contribution < 1.29 is 14.3 Å². The molecule has 2 aromatic rings. The monoisotopic (exact) mass is 352 g/mol. The van der Waals surface area contributed by atoms with Crippen molar-refractivity contribution in [3.8, 4) is 0 Å². The smallest absolute Gasteiger partial charge is 0.339 e. The highest BCUT2D eigenvalue weighted by molar-refractivity contribution is 5.94. The fraction of sp³-hybridized carbons (Fsp3) is 0.421. The van der Waals surface area contributed by atoms with E-state index in [1.807, 2.05) is 29.2 Å². The number of piperidine rings is 1. The maximum atomic E-state index is 13.0. The van der Waals surface area contributed by atoms with Crippen LogP contribution in [0.1, 0.15) is 46.2 Å². The Morgan fingerprint density at radius 2 is 2.08 bits per heavy atom. The van der Waals surface area contributed by atoms with Crippen LogP contribution in [0.2, 0.25) is 0 Å². The third kappa shape index (κ3) is 2.20. The molecular formula is C19H20N4O3. The molecule has 0 radical (unpaired) electrons. The second kappa shape index (κ2) is 5.67. The van der Waals surface area contributed by atoms with Crippen molar-refractivity contribution >= 4 is 11.9 Å². The van der Waals surface area contributed by atoms with E-state index in [1.54, 1.807) is 6.33 Å². The van der Waals surface area contributed by atoms with Gasteiger partial charge in [0.2, 0.25) is 5.91 Å². The molecule has 7 nitrogen and oxygen atoms in total. The van der Waals surface area contributed by atoms with E-state index in [0.717, 1.165) is 29.9 Å². The molecule has 4 heterocycles. The molecule has 2 N–H and O–H groups in total. The van der Waals surface area contributed by atoms with Gasteiger partial charge in [0, 0.05) is 50.2 Å². The Morgan fingerprint density at radius 3 is 2.92 bits per heavy atom. The van der Waals surface area contributed by atoms with Gasteiger partial charge in [0.05, 0.1) is 17.6 Å². The molecule has 1 saturated heterocycles. The van der Waals surface area contributed by atoms with Gasteiger partial charge in [0.15, 0.2) is 0 Å². The van der Waals surface area contributed by atoms with Crippen LogP contribution in [-0.2, 0) is 21.6 Å². The highest BCUT2D eigenvalue weighted by atomic mass is 16.6. The molecule has 134 valence electrons. The molecule has 26 heavy (non-hydrogen) atoms. The number of ether oxygens (including phenoxy) is 1. The number of nitrogens with zero attached hydrogens (tertiary/aromatic N) is 2. The molecular weight excluding hydrogens is 332 g/mol. The Morgan fingerprint density at radius 1 is 1.27 bits per heavy atom. The minimum Gasteiger partial charge on any atom is -0.450 e. The quantitative estimate of drug-likeness (QED) is 0.755. The van der Waals surface area contributed by atoms with Crippen LogP contribution < -0.4 is 5.32 Å². The molecule has 3 aliphatic rings. The van der Waals surface area contributed by atoms with Crippen LogP contribution in [0.4, 0.5) is 0 Å². The Bertz CT molecular complexity index is 882. The van der Waals surface area contributed by atoms with E-state index >= 15 is 0 Å². The maximum Gasteiger partial charge on any atom is 0.339 e. The lowest BCUT2D eigenvalue weighted by Gasteiger charge is -2.40. The molecule has 0 unspecified atom stereocenters. The van der Waals surface area contributed by atoms with Crippen LogP contribution in [0.15, 0.2) is 30.6 Å². The van der Waals surface area contributed by atoms with Gasteiger partial charge in [-0.2, -0.15) is 0 Å². The van der Waals surface area contributed by atoms with E-state index in [2.05, 4.69) is 15.3 Å². The van der Waals surface area contributed by atoms with Crippen LogP contribution in [0.3, 0.4) is 0 Å². The SMILES string of the molecule is O=C1OC2(CCN(C(=O)[C@H]3NCCc4[nH]cnc43)CC2)c2ccccc21. The zero-order chi connectivity index (χ0) is 17.7. The van der Waals surface area contributed by atoms with Crippen molar-refractivity contribution in [2.45, 2.75) is 30.9 Å². The van der Waals surface area contributed by atoms with Crippen LogP contribution in [0, 0.1) is 0 Å². The molecule has 0 saturated carbocycles. The lowest BCUT2D eigenvalue weighted by Crippen LogP contribution is -2.50. The number of aromatic nitrogens is 2. The number of H-pyrrole nitrogens is 1. The number of esters is 1. The summed E-state index contributed by atoms with van der Waals surface area (Å²) in [7, 11) is 0. The Kier molecular flexibility index (Phi) is 3.40. The van der Waals surface area contributed by atoms with Crippen molar-refractivity contribution in [3.63, 3.8) is 0 Å². The largest absolute Gasteiger partial charge is 0.450 e. The van der Waals surface area contributed by atoms with Crippen LogP contribution in [0.25, 0.3) is 0 Å². The lowest BCUT2D eigenvalue weighted by molar-refractivity contribution is -0.138. The van der Waals surface area contributed by atoms with Gasteiger partial charge in [-0.3, -0.25) is 4.79 Å². The van der Waals surface area contributed by atoms with Gasteiger partial charge >= 0.3 is 5.97 Å². The average molecular weight is 352 g/mol. The summed E-state index contributed by atoms with van der Waals surface area (Å²) in [6, 6.07) is 7.18. The van der Waals surface area contributed by atoms with Gasteiger partial charge in [-0.15, -0.1) is 0 Å². The first-order valence-electron chi connectivity index (χ1n) is 9.05. The van der Waals surface area contributed by atoms with E-state index in [1.165, 1.54) is 0 Å². The summed E-state index contributed by atoms with van der Waals surface area (Å²) in [5.41, 5.74) is 2.88. The molecule has 0 aliphatic carbocycles. The molecule has 1 aromatic carbocycles. The predicted molar refractivity (Wildman–Crippen MR) is 92.4 cm³/mol. The topological polar surface area (TPSA) is 87.3 Å². The average Bonchev–Trinajstić information content (AvgIpc) is 3.26. The first-order valence-corrected chi connectivity index (χ1v) is 9.05. The second-order valence-electron chi connectivity index (χ2n) is 7.16. The Hall–Kier alpha value is -2.67. The zero-order valence-corrected chi connectivity index (χ0v) is 14.3. The first kappa shape index (κ1) is 15.6. The molecule has 1 spiro atoms. The normalized spacial score (nSPS) is 23.5. The molecule has 1 atom stereocenters. The number of nitrogens with one attached hydrogen (secondary N) is 2. The van der Waals surface area contributed by atoms with Crippen molar-refractivity contribution in [1.29, 1.82) is 0 Å². The number of benzene rings is 1. The van der Waals surface area contributed by atoms with Gasteiger partial charge in [-0.1, -0.05) is 18.2 Å². The van der Waals surface area contributed by atoms with E-state index in [-0.39, 0.29) is 11.9 Å². The summed E-state index contributed by atoms with van der Waals surface area (Å²) in [4.78, 5) is 34.5. The number of rotatable bonds is 1. The fourth-order valence-corrected chi connectivity index (χ4v) is 4.41. The molecule has 0 bridgehead atoms. The number of amides is 1. The number of imidazole rings is 1. The van der Waals surface area contributed by atoms with E-state index < -0.39 is 11.6 Å². The van der Waals surface area contributed by atoms with Crippen molar-refractivity contribution in [1.82, 2.24) is 20.2 Å². The van der Waals surface area contributed by atoms with Gasteiger partial charge in [-0.05, 0) is 6.07 Å². The number of carbonyl (C=O) groups is 2. The van der Waals surface area contributed by atoms with Crippen molar-refractivity contribution in [2.24, 2.45) is 0 Å². The molecule has 7 heteroatoms. The van der Waals surface area contributed by atoms with Crippen LogP contribution in [-0.4, -0.2) is 46.4 Å². The van der Waals surface area contributed by atoms with E-state index in [9.17, 15) is 9.59 Å². The number of aromatic amines is 1. The summed E-state index contributed by atoms with van der Waals surface area (Å²) < 4.78 is 5.77. The molecule has 1 fully saturated rings. The fourth-order valence-electron chi connectivity index (χ4n) is 4.41. The van der Waals surface area contributed by atoms with Crippen LogP contribution >= 0.6 is 0 Å². The molecule has 5 rings (SSSR count). The van der Waals surface area contributed by atoms with Crippen molar-refractivity contribution in [2.75, 3.05) is 19.6 Å². The maximum absolute atomic E-state index is 13.0. The Balaban J connectivity index is 1.35. The summed E-state index contributed by atoms with van der Waals surface area (Å²) in [5, 5.41) is 3.28. The molecule has 1 amide bonds. The summed E-state index contributed by atoms with van der Waals surface area (Å²) in [5.74, 6) is -0.207. The summed E-state index contributed by atoms with van der Waals surface area (Å²) in [6.07, 6.45) is 3.76. The minimum absolute atomic E-state index is 0.0468. The summed E-state index contributed by atoms with van der Waals surface area (Å²) in [6.45, 7) is 1.89. The number of fused-ring (bicyclic) bond motifs is 3. The number of hydrogen-bond acceptors (Lipinski definition) is 5. The lowest BCUT2D eigenvalue weighted by atomic mass is 9.83. The predicted octanol–water partition coefficient (Wildman–Crippen LogP) is 1.28. The van der Waals surface area contributed by atoms with Crippen molar-refractivity contribution in [3.05, 3.63) is 53.1 Å². The molecule has 1 aromatic heterocycles. The van der Waals surface area contributed by atoms with E-state index in [4.69, 9.17) is 4.74 Å². The van der Waals surface area contributed by atoms with Crippen LogP contribution in [0.5, 0.6) is 0 Å². The zero-order valence-electron chi connectivity index (χ0n) is 14.3.